The first kappa shape index (κ1) is 20.7. The van der Waals surface area contributed by atoms with Crippen LogP contribution >= 0.6 is 11.3 Å². The standard InChI is InChI=1S/C22H24N2O4S/c1-15-6-11-20(27-3)18(13-15)19-14-29-22(23-19)24-21(25)5-4-12-28-17-9-7-16(26-2)8-10-17/h6-11,13-14H,4-5,12H2,1-3H3,(H,23,24,25). The van der Waals surface area contributed by atoms with Gasteiger partial charge in [-0.05, 0) is 49.7 Å². The van der Waals surface area contributed by atoms with E-state index in [0.717, 1.165) is 34.1 Å². The number of amides is 1. The number of ether oxygens (including phenoxy) is 3. The second-order valence-electron chi connectivity index (χ2n) is 6.42. The average molecular weight is 413 g/mol. The smallest absolute Gasteiger partial charge is 0.226 e. The first-order valence-electron chi connectivity index (χ1n) is 9.26. The SMILES string of the molecule is COc1ccc(OCCCC(=O)Nc2nc(-c3cc(C)ccc3OC)cs2)cc1. The summed E-state index contributed by atoms with van der Waals surface area (Å²) in [4.78, 5) is 16.7. The van der Waals surface area contributed by atoms with Gasteiger partial charge in [0, 0.05) is 17.4 Å². The van der Waals surface area contributed by atoms with Gasteiger partial charge in [-0.15, -0.1) is 11.3 Å². The molecule has 1 heterocycles. The molecule has 0 radical (unpaired) electrons. The maximum Gasteiger partial charge on any atom is 0.226 e. The zero-order chi connectivity index (χ0) is 20.6. The summed E-state index contributed by atoms with van der Waals surface area (Å²) >= 11 is 1.40. The Balaban J connectivity index is 1.48. The number of hydrogen-bond donors (Lipinski definition) is 1. The number of aryl methyl sites for hydroxylation is 1. The number of carbonyl (C=O) groups is 1. The number of carbonyl (C=O) groups excluding carboxylic acids is 1. The molecule has 0 aliphatic heterocycles. The van der Waals surface area contributed by atoms with Crippen LogP contribution in [0.2, 0.25) is 0 Å². The summed E-state index contributed by atoms with van der Waals surface area (Å²) in [5.74, 6) is 2.21. The minimum Gasteiger partial charge on any atom is -0.497 e. The van der Waals surface area contributed by atoms with E-state index in [1.807, 2.05) is 54.8 Å². The molecule has 0 bridgehead atoms. The highest BCUT2D eigenvalue weighted by atomic mass is 32.1. The first-order chi connectivity index (χ1) is 14.1. The third-order valence-corrected chi connectivity index (χ3v) is 5.02. The highest BCUT2D eigenvalue weighted by Crippen LogP contribution is 2.33. The van der Waals surface area contributed by atoms with Crippen LogP contribution in [-0.4, -0.2) is 31.7 Å². The molecule has 6 nitrogen and oxygen atoms in total. The normalized spacial score (nSPS) is 10.4. The molecule has 0 unspecified atom stereocenters. The lowest BCUT2D eigenvalue weighted by Gasteiger charge is -2.07. The third-order valence-electron chi connectivity index (χ3n) is 4.26. The molecule has 0 saturated heterocycles. The van der Waals surface area contributed by atoms with E-state index in [4.69, 9.17) is 14.2 Å². The summed E-state index contributed by atoms with van der Waals surface area (Å²) in [7, 11) is 3.26. The van der Waals surface area contributed by atoms with Gasteiger partial charge >= 0.3 is 0 Å². The molecule has 1 N–H and O–H groups in total. The molecule has 7 heteroatoms. The maximum absolute atomic E-state index is 12.2. The molecule has 0 spiro atoms. The van der Waals surface area contributed by atoms with Gasteiger partial charge in [-0.1, -0.05) is 11.6 Å². The van der Waals surface area contributed by atoms with Gasteiger partial charge in [0.1, 0.15) is 17.2 Å². The quantitative estimate of drug-likeness (QED) is 0.505. The predicted molar refractivity (Wildman–Crippen MR) is 115 cm³/mol. The third kappa shape index (κ3) is 5.71. The molecule has 0 atom stereocenters. The van der Waals surface area contributed by atoms with Crippen molar-refractivity contribution in [2.45, 2.75) is 19.8 Å². The van der Waals surface area contributed by atoms with Crippen molar-refractivity contribution in [1.82, 2.24) is 4.98 Å². The van der Waals surface area contributed by atoms with Gasteiger partial charge < -0.3 is 19.5 Å². The van der Waals surface area contributed by atoms with Crippen LogP contribution < -0.4 is 19.5 Å². The summed E-state index contributed by atoms with van der Waals surface area (Å²) in [5.41, 5.74) is 2.82. The van der Waals surface area contributed by atoms with E-state index in [1.165, 1.54) is 11.3 Å². The summed E-state index contributed by atoms with van der Waals surface area (Å²) in [5, 5.41) is 5.34. The van der Waals surface area contributed by atoms with Gasteiger partial charge in [-0.25, -0.2) is 4.98 Å². The molecule has 1 aromatic heterocycles. The Labute approximate surface area is 174 Å². The maximum atomic E-state index is 12.2. The van der Waals surface area contributed by atoms with Crippen LogP contribution in [0.25, 0.3) is 11.3 Å². The monoisotopic (exact) mass is 412 g/mol. The summed E-state index contributed by atoms with van der Waals surface area (Å²) in [6, 6.07) is 13.3. The fraction of sp³-hybridized carbons (Fsp3) is 0.273. The van der Waals surface area contributed by atoms with Crippen LogP contribution in [0.15, 0.2) is 47.8 Å². The van der Waals surface area contributed by atoms with Crippen molar-refractivity contribution in [3.63, 3.8) is 0 Å². The van der Waals surface area contributed by atoms with E-state index >= 15 is 0 Å². The Morgan fingerprint density at radius 1 is 1.07 bits per heavy atom. The van der Waals surface area contributed by atoms with Crippen molar-refractivity contribution >= 4 is 22.4 Å². The number of thiazole rings is 1. The van der Waals surface area contributed by atoms with Crippen LogP contribution in [0.3, 0.4) is 0 Å². The number of anilines is 1. The van der Waals surface area contributed by atoms with E-state index in [1.54, 1.807) is 14.2 Å². The topological polar surface area (TPSA) is 69.7 Å². The second kappa shape index (κ2) is 9.93. The molecule has 2 aromatic carbocycles. The van der Waals surface area contributed by atoms with Gasteiger partial charge in [-0.3, -0.25) is 4.79 Å². The largest absolute Gasteiger partial charge is 0.497 e. The molecule has 29 heavy (non-hydrogen) atoms. The van der Waals surface area contributed by atoms with Gasteiger partial charge in [-0.2, -0.15) is 0 Å². The highest BCUT2D eigenvalue weighted by Gasteiger charge is 2.12. The van der Waals surface area contributed by atoms with Crippen LogP contribution in [0.1, 0.15) is 18.4 Å². The van der Waals surface area contributed by atoms with Gasteiger partial charge in [0.15, 0.2) is 5.13 Å². The highest BCUT2D eigenvalue weighted by molar-refractivity contribution is 7.14. The van der Waals surface area contributed by atoms with Crippen molar-refractivity contribution in [3.8, 4) is 28.5 Å². The Kier molecular flexibility index (Phi) is 7.08. The number of benzene rings is 2. The first-order valence-corrected chi connectivity index (χ1v) is 10.1. The van der Waals surface area contributed by atoms with Crippen molar-refractivity contribution in [3.05, 3.63) is 53.4 Å². The van der Waals surface area contributed by atoms with Crippen molar-refractivity contribution in [1.29, 1.82) is 0 Å². The Morgan fingerprint density at radius 2 is 1.83 bits per heavy atom. The molecular formula is C22H24N2O4S. The second-order valence-corrected chi connectivity index (χ2v) is 7.28. The van der Waals surface area contributed by atoms with Gasteiger partial charge in [0.05, 0.1) is 26.5 Å². The average Bonchev–Trinajstić information content (AvgIpc) is 3.20. The predicted octanol–water partition coefficient (Wildman–Crippen LogP) is 4.93. The fourth-order valence-corrected chi connectivity index (χ4v) is 3.48. The van der Waals surface area contributed by atoms with E-state index < -0.39 is 0 Å². The van der Waals surface area contributed by atoms with E-state index in [2.05, 4.69) is 10.3 Å². The van der Waals surface area contributed by atoms with E-state index in [-0.39, 0.29) is 5.91 Å². The lowest BCUT2D eigenvalue weighted by atomic mass is 10.1. The lowest BCUT2D eigenvalue weighted by Crippen LogP contribution is -2.12. The number of aromatic nitrogens is 1. The van der Waals surface area contributed by atoms with Gasteiger partial charge in [0.25, 0.3) is 0 Å². The number of hydrogen-bond acceptors (Lipinski definition) is 6. The van der Waals surface area contributed by atoms with Crippen molar-refractivity contribution < 1.29 is 19.0 Å². The van der Waals surface area contributed by atoms with Crippen LogP contribution in [0, 0.1) is 6.92 Å². The number of nitrogens with zero attached hydrogens (tertiary/aromatic N) is 1. The molecule has 1 amide bonds. The number of methoxy groups -OCH3 is 2. The minimum atomic E-state index is -0.0829. The molecule has 152 valence electrons. The number of nitrogens with one attached hydrogen (secondary N) is 1. The van der Waals surface area contributed by atoms with Crippen LogP contribution in [-0.2, 0) is 4.79 Å². The molecule has 0 aliphatic rings. The molecular weight excluding hydrogens is 388 g/mol. The summed E-state index contributed by atoms with van der Waals surface area (Å²) in [6.07, 6.45) is 0.973. The fourth-order valence-electron chi connectivity index (χ4n) is 2.75. The minimum absolute atomic E-state index is 0.0829. The molecule has 0 fully saturated rings. The zero-order valence-electron chi connectivity index (χ0n) is 16.7. The molecule has 0 aliphatic carbocycles. The molecule has 0 saturated carbocycles. The van der Waals surface area contributed by atoms with Crippen molar-refractivity contribution in [2.24, 2.45) is 0 Å². The molecule has 3 aromatic rings. The van der Waals surface area contributed by atoms with E-state index in [0.29, 0.717) is 24.6 Å². The Morgan fingerprint density at radius 3 is 2.55 bits per heavy atom. The number of rotatable bonds is 9. The Hall–Kier alpha value is -3.06. The lowest BCUT2D eigenvalue weighted by molar-refractivity contribution is -0.116. The van der Waals surface area contributed by atoms with Crippen LogP contribution in [0.4, 0.5) is 5.13 Å². The van der Waals surface area contributed by atoms with Crippen molar-refractivity contribution in [2.75, 3.05) is 26.1 Å². The van der Waals surface area contributed by atoms with Crippen LogP contribution in [0.5, 0.6) is 17.2 Å². The zero-order valence-corrected chi connectivity index (χ0v) is 17.5. The van der Waals surface area contributed by atoms with Gasteiger partial charge in [0.2, 0.25) is 5.91 Å². The Bertz CT molecular complexity index is 954. The summed E-state index contributed by atoms with van der Waals surface area (Å²) in [6.45, 7) is 2.48. The van der Waals surface area contributed by atoms with E-state index in [9.17, 15) is 4.79 Å². The summed E-state index contributed by atoms with van der Waals surface area (Å²) < 4.78 is 16.2. The molecule has 3 rings (SSSR count).